The summed E-state index contributed by atoms with van der Waals surface area (Å²) in [5.74, 6) is 1.72. The number of aryl methyl sites for hydroxylation is 1. The maximum atomic E-state index is 5.66. The standard InChI is InChI=1S/C15H18N4OS/c1-3-12(15-16-6-7-21-15)17-8-11-9-18-19-14(11)13-5-4-10(2)20-13/h4-7,9,12,17H,3,8H2,1-2H3,(H,18,19). The largest absolute Gasteiger partial charge is 0.460 e. The molecule has 21 heavy (non-hydrogen) atoms. The Balaban J connectivity index is 1.73. The molecule has 3 rings (SSSR count). The minimum absolute atomic E-state index is 0.270. The van der Waals surface area contributed by atoms with Crippen molar-refractivity contribution in [2.24, 2.45) is 0 Å². The van der Waals surface area contributed by atoms with E-state index in [2.05, 4.69) is 27.4 Å². The summed E-state index contributed by atoms with van der Waals surface area (Å²) in [6.45, 7) is 4.82. The molecule has 0 aliphatic rings. The van der Waals surface area contributed by atoms with Crippen molar-refractivity contribution in [3.8, 4) is 11.5 Å². The van der Waals surface area contributed by atoms with Crippen LogP contribution in [0.3, 0.4) is 0 Å². The van der Waals surface area contributed by atoms with Crippen molar-refractivity contribution in [1.82, 2.24) is 20.5 Å². The van der Waals surface area contributed by atoms with Crippen LogP contribution >= 0.6 is 11.3 Å². The molecular formula is C15H18N4OS. The number of hydrogen-bond acceptors (Lipinski definition) is 5. The van der Waals surface area contributed by atoms with Gasteiger partial charge in [-0.05, 0) is 25.5 Å². The highest BCUT2D eigenvalue weighted by atomic mass is 32.1. The molecule has 0 aromatic carbocycles. The molecule has 1 unspecified atom stereocenters. The smallest absolute Gasteiger partial charge is 0.152 e. The Morgan fingerprint density at radius 2 is 2.33 bits per heavy atom. The maximum Gasteiger partial charge on any atom is 0.152 e. The fraction of sp³-hybridized carbons (Fsp3) is 0.333. The van der Waals surface area contributed by atoms with Crippen LogP contribution in [-0.2, 0) is 6.54 Å². The molecular weight excluding hydrogens is 284 g/mol. The van der Waals surface area contributed by atoms with E-state index in [9.17, 15) is 0 Å². The zero-order chi connectivity index (χ0) is 14.7. The van der Waals surface area contributed by atoms with Crippen LogP contribution in [0.25, 0.3) is 11.5 Å². The van der Waals surface area contributed by atoms with Crippen LogP contribution in [0.5, 0.6) is 0 Å². The topological polar surface area (TPSA) is 66.7 Å². The molecule has 5 nitrogen and oxygen atoms in total. The summed E-state index contributed by atoms with van der Waals surface area (Å²) in [6, 6.07) is 4.19. The fourth-order valence-corrected chi connectivity index (χ4v) is 3.07. The number of furan rings is 1. The minimum atomic E-state index is 0.270. The highest BCUT2D eigenvalue weighted by molar-refractivity contribution is 7.09. The summed E-state index contributed by atoms with van der Waals surface area (Å²) < 4.78 is 5.66. The Kier molecular flexibility index (Phi) is 4.17. The van der Waals surface area contributed by atoms with Crippen LogP contribution in [0.1, 0.15) is 35.7 Å². The SMILES string of the molecule is CCC(NCc1cn[nH]c1-c1ccc(C)o1)c1nccs1. The first kappa shape index (κ1) is 14.0. The van der Waals surface area contributed by atoms with Gasteiger partial charge in [0.2, 0.25) is 0 Å². The second-order valence-corrected chi connectivity index (χ2v) is 5.82. The Morgan fingerprint density at radius 3 is 3.00 bits per heavy atom. The van der Waals surface area contributed by atoms with Gasteiger partial charge in [0, 0.05) is 23.7 Å². The lowest BCUT2D eigenvalue weighted by Crippen LogP contribution is -2.20. The first-order valence-corrected chi connectivity index (χ1v) is 7.87. The summed E-state index contributed by atoms with van der Waals surface area (Å²) in [5.41, 5.74) is 2.03. The Bertz CT molecular complexity index is 686. The molecule has 0 saturated heterocycles. The van der Waals surface area contributed by atoms with Gasteiger partial charge in [-0.15, -0.1) is 11.3 Å². The van der Waals surface area contributed by atoms with E-state index in [4.69, 9.17) is 4.42 Å². The van der Waals surface area contributed by atoms with E-state index in [-0.39, 0.29) is 6.04 Å². The van der Waals surface area contributed by atoms with Crippen molar-refractivity contribution < 1.29 is 4.42 Å². The van der Waals surface area contributed by atoms with Gasteiger partial charge in [-0.25, -0.2) is 4.98 Å². The highest BCUT2D eigenvalue weighted by Gasteiger charge is 2.15. The van der Waals surface area contributed by atoms with Crippen LogP contribution in [0, 0.1) is 6.92 Å². The van der Waals surface area contributed by atoms with Gasteiger partial charge in [0.1, 0.15) is 16.5 Å². The predicted molar refractivity (Wildman–Crippen MR) is 83.0 cm³/mol. The van der Waals surface area contributed by atoms with Crippen molar-refractivity contribution >= 4 is 11.3 Å². The van der Waals surface area contributed by atoms with Gasteiger partial charge in [0.15, 0.2) is 5.76 Å². The summed E-state index contributed by atoms with van der Waals surface area (Å²) in [4.78, 5) is 4.39. The third-order valence-electron chi connectivity index (χ3n) is 3.40. The van der Waals surface area contributed by atoms with E-state index >= 15 is 0 Å². The Morgan fingerprint density at radius 1 is 1.43 bits per heavy atom. The van der Waals surface area contributed by atoms with E-state index in [0.29, 0.717) is 0 Å². The molecule has 0 amide bonds. The van der Waals surface area contributed by atoms with Crippen molar-refractivity contribution in [1.29, 1.82) is 0 Å². The number of nitrogens with one attached hydrogen (secondary N) is 2. The van der Waals surface area contributed by atoms with Crippen molar-refractivity contribution in [3.05, 3.63) is 46.2 Å². The zero-order valence-corrected chi connectivity index (χ0v) is 12.9. The Hall–Kier alpha value is -1.92. The molecule has 0 bridgehead atoms. The van der Waals surface area contributed by atoms with Gasteiger partial charge in [-0.1, -0.05) is 6.92 Å². The molecule has 110 valence electrons. The number of aromatic nitrogens is 3. The number of nitrogens with zero attached hydrogens (tertiary/aromatic N) is 2. The number of aromatic amines is 1. The predicted octanol–water partition coefficient (Wildman–Crippen LogP) is 3.68. The van der Waals surface area contributed by atoms with Crippen LogP contribution in [0.2, 0.25) is 0 Å². The number of rotatable bonds is 6. The molecule has 2 N–H and O–H groups in total. The lowest BCUT2D eigenvalue weighted by Gasteiger charge is -2.14. The summed E-state index contributed by atoms with van der Waals surface area (Å²) in [7, 11) is 0. The molecule has 3 aromatic heterocycles. The molecule has 0 spiro atoms. The average molecular weight is 302 g/mol. The number of thiazole rings is 1. The van der Waals surface area contributed by atoms with Crippen LogP contribution in [0.4, 0.5) is 0 Å². The normalized spacial score (nSPS) is 12.7. The van der Waals surface area contributed by atoms with E-state index in [0.717, 1.165) is 40.8 Å². The van der Waals surface area contributed by atoms with Crippen LogP contribution in [-0.4, -0.2) is 15.2 Å². The molecule has 3 heterocycles. The second-order valence-electron chi connectivity index (χ2n) is 4.89. The molecule has 0 aliphatic carbocycles. The van der Waals surface area contributed by atoms with E-state index in [1.807, 2.05) is 36.8 Å². The third-order valence-corrected chi connectivity index (χ3v) is 4.29. The third kappa shape index (κ3) is 3.06. The van der Waals surface area contributed by atoms with Gasteiger partial charge in [-0.2, -0.15) is 5.10 Å². The number of H-pyrrole nitrogens is 1. The molecule has 0 radical (unpaired) electrons. The quantitative estimate of drug-likeness (QED) is 0.729. The molecule has 6 heteroatoms. The van der Waals surface area contributed by atoms with E-state index < -0.39 is 0 Å². The fourth-order valence-electron chi connectivity index (χ4n) is 2.27. The average Bonchev–Trinajstić information content (AvgIpc) is 3.19. The maximum absolute atomic E-state index is 5.66. The minimum Gasteiger partial charge on any atom is -0.460 e. The molecule has 0 saturated carbocycles. The number of hydrogen-bond donors (Lipinski definition) is 2. The van der Waals surface area contributed by atoms with Crippen molar-refractivity contribution in [3.63, 3.8) is 0 Å². The van der Waals surface area contributed by atoms with E-state index in [1.54, 1.807) is 11.3 Å². The summed E-state index contributed by atoms with van der Waals surface area (Å²) >= 11 is 1.68. The Labute approximate surface area is 127 Å². The first-order valence-electron chi connectivity index (χ1n) is 6.99. The van der Waals surface area contributed by atoms with Gasteiger partial charge in [0.25, 0.3) is 0 Å². The van der Waals surface area contributed by atoms with Gasteiger partial charge < -0.3 is 9.73 Å². The van der Waals surface area contributed by atoms with Crippen molar-refractivity contribution in [2.45, 2.75) is 32.9 Å². The lowest BCUT2D eigenvalue weighted by molar-refractivity contribution is 0.514. The molecule has 1 atom stereocenters. The summed E-state index contributed by atoms with van der Waals surface area (Å²) in [6.07, 6.45) is 4.69. The first-order chi connectivity index (χ1) is 10.3. The zero-order valence-electron chi connectivity index (χ0n) is 12.1. The van der Waals surface area contributed by atoms with Crippen LogP contribution < -0.4 is 5.32 Å². The monoisotopic (exact) mass is 302 g/mol. The molecule has 0 aliphatic heterocycles. The summed E-state index contributed by atoms with van der Waals surface area (Å²) in [5, 5.41) is 13.8. The highest BCUT2D eigenvalue weighted by Crippen LogP contribution is 2.25. The van der Waals surface area contributed by atoms with Gasteiger partial charge in [0.05, 0.1) is 12.2 Å². The van der Waals surface area contributed by atoms with Crippen molar-refractivity contribution in [2.75, 3.05) is 0 Å². The van der Waals surface area contributed by atoms with Gasteiger partial charge in [-0.3, -0.25) is 5.10 Å². The lowest BCUT2D eigenvalue weighted by atomic mass is 10.2. The second kappa shape index (κ2) is 6.24. The van der Waals surface area contributed by atoms with E-state index in [1.165, 1.54) is 0 Å². The van der Waals surface area contributed by atoms with Gasteiger partial charge >= 0.3 is 0 Å². The molecule has 0 fully saturated rings. The molecule has 3 aromatic rings. The van der Waals surface area contributed by atoms with Crippen LogP contribution in [0.15, 0.2) is 34.3 Å².